The maximum Gasteiger partial charge on any atom is 0.251 e. The Morgan fingerprint density at radius 1 is 1.24 bits per heavy atom. The third kappa shape index (κ3) is 3.88. The molecule has 128 valence electrons. The highest BCUT2D eigenvalue weighted by atomic mass is 79.9. The minimum Gasteiger partial charge on any atom is -0.496 e. The molecule has 1 amide bonds. The van der Waals surface area contributed by atoms with E-state index in [4.69, 9.17) is 9.15 Å². The molecule has 1 N–H and O–H groups in total. The Morgan fingerprint density at radius 3 is 2.60 bits per heavy atom. The summed E-state index contributed by atoms with van der Waals surface area (Å²) >= 11 is 3.46. The maximum absolute atomic E-state index is 12.4. The van der Waals surface area contributed by atoms with E-state index < -0.39 is 0 Å². The molecule has 1 heterocycles. The van der Waals surface area contributed by atoms with Crippen LogP contribution in [0, 0.1) is 0 Å². The second-order valence-corrected chi connectivity index (χ2v) is 6.26. The number of rotatable bonds is 5. The van der Waals surface area contributed by atoms with Crippen molar-refractivity contribution < 1.29 is 13.9 Å². The standard InChI is InChI=1S/C18H16BrN3O3/c1-11(14-7-8-16(24-2)15(19)9-14)21-17(23)12-3-5-13(6-4-12)18-22-20-10-25-18/h3-11H,1-2H3,(H,21,23)/t11-/m0/s1. The molecular formula is C18H16BrN3O3. The molecule has 6 nitrogen and oxygen atoms in total. The molecule has 0 bridgehead atoms. The summed E-state index contributed by atoms with van der Waals surface area (Å²) in [5, 5.41) is 10.5. The Kier molecular flexibility index (Phi) is 5.14. The van der Waals surface area contributed by atoms with Gasteiger partial charge in [0.1, 0.15) is 5.75 Å². The van der Waals surface area contributed by atoms with Crippen molar-refractivity contribution in [2.45, 2.75) is 13.0 Å². The van der Waals surface area contributed by atoms with Gasteiger partial charge in [0, 0.05) is 11.1 Å². The van der Waals surface area contributed by atoms with Crippen molar-refractivity contribution >= 4 is 21.8 Å². The Balaban J connectivity index is 1.70. The number of amides is 1. The van der Waals surface area contributed by atoms with Crippen LogP contribution in [-0.2, 0) is 0 Å². The van der Waals surface area contributed by atoms with Crippen molar-refractivity contribution in [1.29, 1.82) is 0 Å². The molecule has 3 rings (SSSR count). The molecule has 0 unspecified atom stereocenters. The van der Waals surface area contributed by atoms with E-state index in [1.807, 2.05) is 25.1 Å². The number of methoxy groups -OCH3 is 1. The Morgan fingerprint density at radius 2 is 2.00 bits per heavy atom. The lowest BCUT2D eigenvalue weighted by molar-refractivity contribution is 0.0940. The van der Waals surface area contributed by atoms with Gasteiger partial charge in [-0.1, -0.05) is 6.07 Å². The van der Waals surface area contributed by atoms with Crippen LogP contribution in [-0.4, -0.2) is 23.2 Å². The number of halogens is 1. The average Bonchev–Trinajstić information content (AvgIpc) is 3.16. The van der Waals surface area contributed by atoms with Crippen molar-refractivity contribution in [2.24, 2.45) is 0 Å². The Hall–Kier alpha value is -2.67. The largest absolute Gasteiger partial charge is 0.496 e. The summed E-state index contributed by atoms with van der Waals surface area (Å²) < 4.78 is 11.2. The summed E-state index contributed by atoms with van der Waals surface area (Å²) in [5.41, 5.74) is 2.30. The first kappa shape index (κ1) is 17.2. The first-order chi connectivity index (χ1) is 12.1. The first-order valence-electron chi connectivity index (χ1n) is 7.59. The van der Waals surface area contributed by atoms with E-state index >= 15 is 0 Å². The Bertz CT molecular complexity index is 864. The lowest BCUT2D eigenvalue weighted by Gasteiger charge is -2.16. The van der Waals surface area contributed by atoms with Crippen LogP contribution in [0.2, 0.25) is 0 Å². The summed E-state index contributed by atoms with van der Waals surface area (Å²) in [5.74, 6) is 1.01. The van der Waals surface area contributed by atoms with Gasteiger partial charge in [0.05, 0.1) is 17.6 Å². The monoisotopic (exact) mass is 401 g/mol. The van der Waals surface area contributed by atoms with Crippen molar-refractivity contribution in [1.82, 2.24) is 15.5 Å². The third-order valence-corrected chi connectivity index (χ3v) is 4.40. The van der Waals surface area contributed by atoms with Gasteiger partial charge >= 0.3 is 0 Å². The first-order valence-corrected chi connectivity index (χ1v) is 8.38. The summed E-state index contributed by atoms with van der Waals surface area (Å²) in [7, 11) is 1.61. The molecule has 0 aliphatic heterocycles. The molecule has 0 aliphatic carbocycles. The molecule has 0 spiro atoms. The SMILES string of the molecule is COc1ccc([C@H](C)NC(=O)c2ccc(-c3nnco3)cc2)cc1Br. The fourth-order valence-corrected chi connectivity index (χ4v) is 2.94. The van der Waals surface area contributed by atoms with E-state index in [9.17, 15) is 4.79 Å². The predicted molar refractivity (Wildman–Crippen MR) is 96.3 cm³/mol. The van der Waals surface area contributed by atoms with Crippen molar-refractivity contribution in [3.63, 3.8) is 0 Å². The number of hydrogen-bond donors (Lipinski definition) is 1. The third-order valence-electron chi connectivity index (χ3n) is 3.78. The van der Waals surface area contributed by atoms with Gasteiger partial charge in [0.2, 0.25) is 12.3 Å². The van der Waals surface area contributed by atoms with Gasteiger partial charge in [-0.15, -0.1) is 10.2 Å². The highest BCUT2D eigenvalue weighted by Crippen LogP contribution is 2.28. The smallest absolute Gasteiger partial charge is 0.251 e. The van der Waals surface area contributed by atoms with Crippen molar-refractivity contribution in [3.05, 3.63) is 64.5 Å². The molecule has 25 heavy (non-hydrogen) atoms. The van der Waals surface area contributed by atoms with Crippen LogP contribution in [0.3, 0.4) is 0 Å². The van der Waals surface area contributed by atoms with Gasteiger partial charge in [0.25, 0.3) is 5.91 Å². The molecule has 1 atom stereocenters. The van der Waals surface area contributed by atoms with Crippen LogP contribution in [0.15, 0.2) is 57.7 Å². The number of carbonyl (C=O) groups is 1. The lowest BCUT2D eigenvalue weighted by Crippen LogP contribution is -2.26. The van der Waals surface area contributed by atoms with Gasteiger partial charge < -0.3 is 14.5 Å². The van der Waals surface area contributed by atoms with Crippen LogP contribution < -0.4 is 10.1 Å². The highest BCUT2D eigenvalue weighted by molar-refractivity contribution is 9.10. The van der Waals surface area contributed by atoms with Gasteiger partial charge in [-0.25, -0.2) is 0 Å². The predicted octanol–water partition coefficient (Wildman–Crippen LogP) is 4.00. The molecule has 2 aromatic carbocycles. The van der Waals surface area contributed by atoms with Crippen molar-refractivity contribution in [3.8, 4) is 17.2 Å². The summed E-state index contributed by atoms with van der Waals surface area (Å²) in [6, 6.07) is 12.6. The van der Waals surface area contributed by atoms with E-state index in [2.05, 4.69) is 31.4 Å². The molecular weight excluding hydrogens is 386 g/mol. The number of benzene rings is 2. The zero-order chi connectivity index (χ0) is 17.8. The number of carbonyl (C=O) groups excluding carboxylic acids is 1. The molecule has 7 heteroatoms. The summed E-state index contributed by atoms with van der Waals surface area (Å²) in [6.07, 6.45) is 1.27. The molecule has 0 saturated carbocycles. The number of nitrogens with zero attached hydrogens (tertiary/aromatic N) is 2. The number of ether oxygens (including phenoxy) is 1. The molecule has 0 fully saturated rings. The van der Waals surface area contributed by atoms with E-state index in [0.717, 1.165) is 21.3 Å². The van der Waals surface area contributed by atoms with Gasteiger partial charge in [-0.05, 0) is 64.8 Å². The molecule has 0 radical (unpaired) electrons. The fourth-order valence-electron chi connectivity index (χ4n) is 2.38. The van der Waals surface area contributed by atoms with Crippen molar-refractivity contribution in [2.75, 3.05) is 7.11 Å². The normalized spacial score (nSPS) is 11.8. The second kappa shape index (κ2) is 7.48. The number of nitrogens with one attached hydrogen (secondary N) is 1. The maximum atomic E-state index is 12.4. The minimum atomic E-state index is -0.156. The topological polar surface area (TPSA) is 77.2 Å². The van der Waals surface area contributed by atoms with Gasteiger partial charge in [-0.3, -0.25) is 4.79 Å². The minimum absolute atomic E-state index is 0.148. The zero-order valence-corrected chi connectivity index (χ0v) is 15.3. The summed E-state index contributed by atoms with van der Waals surface area (Å²) in [4.78, 5) is 12.4. The van der Waals surface area contributed by atoms with Gasteiger partial charge in [-0.2, -0.15) is 0 Å². The van der Waals surface area contributed by atoms with E-state index in [0.29, 0.717) is 11.5 Å². The fraction of sp³-hybridized carbons (Fsp3) is 0.167. The van der Waals surface area contributed by atoms with E-state index in [-0.39, 0.29) is 11.9 Å². The number of hydrogen-bond acceptors (Lipinski definition) is 5. The van der Waals surface area contributed by atoms with E-state index in [1.54, 1.807) is 31.4 Å². The Labute approximate surface area is 153 Å². The molecule has 0 saturated heterocycles. The van der Waals surface area contributed by atoms with Crippen LogP contribution in [0.4, 0.5) is 0 Å². The van der Waals surface area contributed by atoms with Crippen LogP contribution >= 0.6 is 15.9 Å². The van der Waals surface area contributed by atoms with Crippen LogP contribution in [0.1, 0.15) is 28.9 Å². The number of aromatic nitrogens is 2. The lowest BCUT2D eigenvalue weighted by atomic mass is 10.1. The van der Waals surface area contributed by atoms with Crippen LogP contribution in [0.5, 0.6) is 5.75 Å². The quantitative estimate of drug-likeness (QED) is 0.698. The second-order valence-electron chi connectivity index (χ2n) is 5.41. The molecule has 0 aliphatic rings. The van der Waals surface area contributed by atoms with E-state index in [1.165, 1.54) is 6.39 Å². The van der Waals surface area contributed by atoms with Gasteiger partial charge in [0.15, 0.2) is 0 Å². The summed E-state index contributed by atoms with van der Waals surface area (Å²) in [6.45, 7) is 1.93. The molecule has 3 aromatic rings. The molecule has 1 aromatic heterocycles. The van der Waals surface area contributed by atoms with Crippen LogP contribution in [0.25, 0.3) is 11.5 Å². The highest BCUT2D eigenvalue weighted by Gasteiger charge is 2.13. The zero-order valence-electron chi connectivity index (χ0n) is 13.7. The average molecular weight is 402 g/mol.